The molecule has 0 aliphatic carbocycles. The quantitative estimate of drug-likeness (QED) is 0.595. The highest BCUT2D eigenvalue weighted by molar-refractivity contribution is 6.12. The van der Waals surface area contributed by atoms with Crippen LogP contribution in [0.5, 0.6) is 0 Å². The molecule has 4 nitrogen and oxygen atoms in total. The van der Waals surface area contributed by atoms with Gasteiger partial charge in [-0.25, -0.2) is 0 Å². The van der Waals surface area contributed by atoms with Crippen LogP contribution in [0.1, 0.15) is 52.6 Å². The molecule has 0 saturated heterocycles. The van der Waals surface area contributed by atoms with E-state index in [1.807, 2.05) is 55.5 Å². The van der Waals surface area contributed by atoms with E-state index in [2.05, 4.69) is 31.4 Å². The van der Waals surface area contributed by atoms with Gasteiger partial charge < -0.3 is 10.6 Å². The average Bonchev–Trinajstić information content (AvgIpc) is 2.69. The molecule has 3 aromatic carbocycles. The maximum absolute atomic E-state index is 12.7. The number of aryl methyl sites for hydroxylation is 1. The van der Waals surface area contributed by atoms with Gasteiger partial charge in [0.2, 0.25) is 0 Å². The van der Waals surface area contributed by atoms with E-state index in [9.17, 15) is 9.59 Å². The van der Waals surface area contributed by atoms with Crippen molar-refractivity contribution in [1.29, 1.82) is 0 Å². The summed E-state index contributed by atoms with van der Waals surface area (Å²) < 4.78 is 0. The molecule has 0 unspecified atom stereocenters. The van der Waals surface area contributed by atoms with Crippen molar-refractivity contribution in [3.63, 3.8) is 0 Å². The van der Waals surface area contributed by atoms with Crippen molar-refractivity contribution >= 4 is 23.2 Å². The molecule has 0 atom stereocenters. The summed E-state index contributed by atoms with van der Waals surface area (Å²) in [4.78, 5) is 25.4. The minimum absolute atomic E-state index is 0.0235. The summed E-state index contributed by atoms with van der Waals surface area (Å²) in [5.74, 6) is -0.520. The maximum atomic E-state index is 12.7. The second-order valence-corrected chi connectivity index (χ2v) is 8.15. The summed E-state index contributed by atoms with van der Waals surface area (Å²) in [6.45, 7) is 8.38. The minimum Gasteiger partial charge on any atom is -0.322 e. The first-order valence-corrected chi connectivity index (χ1v) is 9.63. The standard InChI is InChI=1S/C25H26N2O2/c1-17-9-15-20(16-10-17)26-24(29)21-7-5-6-8-22(21)27-23(28)18-11-13-19(14-12-18)25(2,3)4/h5-16H,1-4H3,(H,26,29)(H,27,28). The smallest absolute Gasteiger partial charge is 0.257 e. The molecule has 0 bridgehead atoms. The molecule has 3 aromatic rings. The molecule has 0 aromatic heterocycles. The fourth-order valence-corrected chi connectivity index (χ4v) is 2.94. The van der Waals surface area contributed by atoms with Crippen LogP contribution in [-0.2, 0) is 5.41 Å². The Hall–Kier alpha value is -3.40. The van der Waals surface area contributed by atoms with Gasteiger partial charge >= 0.3 is 0 Å². The highest BCUT2D eigenvalue weighted by atomic mass is 16.2. The van der Waals surface area contributed by atoms with Crippen LogP contribution in [0.3, 0.4) is 0 Å². The molecule has 0 fully saturated rings. The third-order valence-corrected chi connectivity index (χ3v) is 4.74. The van der Waals surface area contributed by atoms with Crippen LogP contribution >= 0.6 is 0 Å². The summed E-state index contributed by atoms with van der Waals surface area (Å²) in [6, 6.07) is 22.1. The molecular weight excluding hydrogens is 360 g/mol. The highest BCUT2D eigenvalue weighted by Gasteiger charge is 2.16. The van der Waals surface area contributed by atoms with Crippen LogP contribution in [0.2, 0.25) is 0 Å². The van der Waals surface area contributed by atoms with Crippen LogP contribution in [-0.4, -0.2) is 11.8 Å². The summed E-state index contributed by atoms with van der Waals surface area (Å²) in [7, 11) is 0. The predicted molar refractivity (Wildman–Crippen MR) is 119 cm³/mol. The monoisotopic (exact) mass is 386 g/mol. The zero-order valence-electron chi connectivity index (χ0n) is 17.2. The Morgan fingerprint density at radius 2 is 1.34 bits per heavy atom. The lowest BCUT2D eigenvalue weighted by molar-refractivity contribution is 0.102. The molecule has 2 amide bonds. The van der Waals surface area contributed by atoms with E-state index in [0.717, 1.165) is 11.1 Å². The third kappa shape index (κ3) is 5.11. The number of anilines is 2. The van der Waals surface area contributed by atoms with Crippen molar-refractivity contribution in [3.05, 3.63) is 95.1 Å². The summed E-state index contributed by atoms with van der Waals surface area (Å²) in [5, 5.41) is 5.73. The Balaban J connectivity index is 1.77. The lowest BCUT2D eigenvalue weighted by Crippen LogP contribution is -2.18. The molecule has 2 N–H and O–H groups in total. The Bertz CT molecular complexity index is 1010. The molecule has 0 heterocycles. The van der Waals surface area contributed by atoms with Gasteiger partial charge in [0.25, 0.3) is 11.8 Å². The van der Waals surface area contributed by atoms with Gasteiger partial charge in [-0.1, -0.05) is 62.7 Å². The van der Waals surface area contributed by atoms with Gasteiger partial charge in [0.1, 0.15) is 0 Å². The van der Waals surface area contributed by atoms with E-state index in [1.165, 1.54) is 0 Å². The Kier molecular flexibility index (Phi) is 5.83. The molecule has 148 valence electrons. The second kappa shape index (κ2) is 8.31. The van der Waals surface area contributed by atoms with Crippen molar-refractivity contribution < 1.29 is 9.59 Å². The topological polar surface area (TPSA) is 58.2 Å². The first kappa shape index (κ1) is 20.3. The van der Waals surface area contributed by atoms with Crippen molar-refractivity contribution in [3.8, 4) is 0 Å². The number of carbonyl (C=O) groups is 2. The molecule has 0 saturated carbocycles. The number of para-hydroxylation sites is 1. The zero-order valence-corrected chi connectivity index (χ0v) is 17.2. The van der Waals surface area contributed by atoms with E-state index >= 15 is 0 Å². The molecule has 3 rings (SSSR count). The van der Waals surface area contributed by atoms with E-state index < -0.39 is 0 Å². The predicted octanol–water partition coefficient (Wildman–Crippen LogP) is 5.80. The van der Waals surface area contributed by atoms with Gasteiger partial charge in [0.15, 0.2) is 0 Å². The van der Waals surface area contributed by atoms with Crippen LogP contribution in [0, 0.1) is 6.92 Å². The molecule has 29 heavy (non-hydrogen) atoms. The normalized spacial score (nSPS) is 11.0. The fraction of sp³-hybridized carbons (Fsp3) is 0.200. The fourth-order valence-electron chi connectivity index (χ4n) is 2.94. The number of amides is 2. The molecule has 0 aliphatic rings. The average molecular weight is 386 g/mol. The first-order valence-electron chi connectivity index (χ1n) is 9.63. The van der Waals surface area contributed by atoms with Gasteiger partial charge in [-0.2, -0.15) is 0 Å². The molecule has 4 heteroatoms. The number of hydrogen-bond acceptors (Lipinski definition) is 2. The molecular formula is C25H26N2O2. The van der Waals surface area contributed by atoms with E-state index in [4.69, 9.17) is 0 Å². The number of hydrogen-bond donors (Lipinski definition) is 2. The second-order valence-electron chi connectivity index (χ2n) is 8.15. The third-order valence-electron chi connectivity index (χ3n) is 4.74. The summed E-state index contributed by atoms with van der Waals surface area (Å²) in [5.41, 5.74) is 4.44. The van der Waals surface area contributed by atoms with Crippen molar-refractivity contribution in [1.82, 2.24) is 0 Å². The lowest BCUT2D eigenvalue weighted by atomic mass is 9.86. The number of nitrogens with one attached hydrogen (secondary N) is 2. The summed E-state index contributed by atoms with van der Waals surface area (Å²) >= 11 is 0. The minimum atomic E-state index is -0.271. The highest BCUT2D eigenvalue weighted by Crippen LogP contribution is 2.23. The van der Waals surface area contributed by atoms with Gasteiger partial charge in [0, 0.05) is 11.3 Å². The number of rotatable bonds is 4. The zero-order chi connectivity index (χ0) is 21.0. The van der Waals surface area contributed by atoms with Crippen molar-refractivity contribution in [2.45, 2.75) is 33.1 Å². The van der Waals surface area contributed by atoms with Crippen LogP contribution in [0.25, 0.3) is 0 Å². The van der Waals surface area contributed by atoms with Crippen molar-refractivity contribution in [2.75, 3.05) is 10.6 Å². The van der Waals surface area contributed by atoms with Gasteiger partial charge in [0.05, 0.1) is 11.3 Å². The SMILES string of the molecule is Cc1ccc(NC(=O)c2ccccc2NC(=O)c2ccc(C(C)(C)C)cc2)cc1. The molecule has 0 spiro atoms. The van der Waals surface area contributed by atoms with Gasteiger partial charge in [-0.05, 0) is 54.3 Å². The van der Waals surface area contributed by atoms with Crippen LogP contribution in [0.4, 0.5) is 11.4 Å². The Morgan fingerprint density at radius 3 is 1.97 bits per heavy atom. The number of benzene rings is 3. The summed E-state index contributed by atoms with van der Waals surface area (Å²) in [6.07, 6.45) is 0. The molecule has 0 aliphatic heterocycles. The molecule has 0 radical (unpaired) electrons. The van der Waals surface area contributed by atoms with E-state index in [1.54, 1.807) is 24.3 Å². The van der Waals surface area contributed by atoms with Gasteiger partial charge in [-0.3, -0.25) is 9.59 Å². The first-order chi connectivity index (χ1) is 13.7. The maximum Gasteiger partial charge on any atom is 0.257 e. The van der Waals surface area contributed by atoms with Gasteiger partial charge in [-0.15, -0.1) is 0 Å². The largest absolute Gasteiger partial charge is 0.322 e. The number of carbonyl (C=O) groups excluding carboxylic acids is 2. The van der Waals surface area contributed by atoms with Crippen LogP contribution in [0.15, 0.2) is 72.8 Å². The van der Waals surface area contributed by atoms with Crippen LogP contribution < -0.4 is 10.6 Å². The van der Waals surface area contributed by atoms with Crippen molar-refractivity contribution in [2.24, 2.45) is 0 Å². The Labute approximate surface area is 172 Å². The van der Waals surface area contributed by atoms with E-state index in [-0.39, 0.29) is 17.2 Å². The lowest BCUT2D eigenvalue weighted by Gasteiger charge is -2.19. The van der Waals surface area contributed by atoms with E-state index in [0.29, 0.717) is 22.5 Å². The Morgan fingerprint density at radius 1 is 0.724 bits per heavy atom.